The molecular formula is C77H132N14O22S2. The third kappa shape index (κ3) is 48.7. The molecule has 2 aliphatic heterocycles. The zero-order chi connectivity index (χ0) is 84.2. The predicted molar refractivity (Wildman–Crippen MR) is 432 cm³/mol. The van der Waals surface area contributed by atoms with Crippen LogP contribution >= 0.6 is 21.6 Å². The van der Waals surface area contributed by atoms with Gasteiger partial charge in [-0.15, -0.1) is 0 Å². The quantitative estimate of drug-likeness (QED) is 0.0309. The number of phenols is 1. The maximum Gasteiger partial charge on any atom is 0.246 e. The van der Waals surface area contributed by atoms with Crippen LogP contribution in [-0.4, -0.2) is 279 Å². The van der Waals surface area contributed by atoms with Crippen LogP contribution in [0.4, 0.5) is 0 Å². The minimum Gasteiger partial charge on any atom is -0.508 e. The van der Waals surface area contributed by atoms with Gasteiger partial charge in [-0.3, -0.25) is 62.3 Å². The van der Waals surface area contributed by atoms with Crippen LogP contribution in [0.1, 0.15) is 174 Å². The van der Waals surface area contributed by atoms with Crippen LogP contribution in [0.25, 0.3) is 0 Å². The molecule has 2 aliphatic rings. The summed E-state index contributed by atoms with van der Waals surface area (Å²) in [6.45, 7) is 11.4. The minimum atomic E-state index is -1.81. The van der Waals surface area contributed by atoms with Gasteiger partial charge < -0.3 is 119 Å². The first-order valence-electron chi connectivity index (χ1n) is 40.6. The molecule has 0 aliphatic carbocycles. The second-order valence-electron chi connectivity index (χ2n) is 28.5. The van der Waals surface area contributed by atoms with Crippen molar-refractivity contribution in [3.63, 3.8) is 0 Å². The van der Waals surface area contributed by atoms with Crippen LogP contribution in [0.2, 0.25) is 0 Å². The molecule has 2 saturated heterocycles. The zero-order valence-corrected chi connectivity index (χ0v) is 69.3. The van der Waals surface area contributed by atoms with Gasteiger partial charge in [-0.1, -0.05) is 132 Å². The van der Waals surface area contributed by atoms with E-state index in [0.717, 1.165) is 34.4 Å². The summed E-state index contributed by atoms with van der Waals surface area (Å²) in [6.07, 6.45) is 16.4. The lowest BCUT2D eigenvalue weighted by Gasteiger charge is -2.31. The van der Waals surface area contributed by atoms with Crippen molar-refractivity contribution in [1.82, 2.24) is 52.8 Å². The molecule has 2 fully saturated rings. The monoisotopic (exact) mass is 1670 g/mol. The molecule has 38 heteroatoms. The molecule has 0 aromatic heterocycles. The van der Waals surface area contributed by atoms with Crippen LogP contribution in [0.5, 0.6) is 5.75 Å². The maximum atomic E-state index is 14.8. The predicted octanol–water partition coefficient (Wildman–Crippen LogP) is 0.362. The van der Waals surface area contributed by atoms with Crippen LogP contribution in [0.3, 0.4) is 0 Å². The number of primary amides is 3. The molecule has 0 radical (unpaired) electrons. The number of likely N-dealkylation sites (tertiary alicyclic amines) is 1. The molecule has 0 unspecified atom stereocenters. The Labute approximate surface area is 684 Å². The van der Waals surface area contributed by atoms with Crippen molar-refractivity contribution in [2.24, 2.45) is 28.9 Å². The number of amides is 13. The number of nitrogens with one attached hydrogen (secondary N) is 9. The molecule has 13 amide bonds. The Balaban J connectivity index is 1.37. The van der Waals surface area contributed by atoms with Gasteiger partial charge in [-0.2, -0.15) is 0 Å². The summed E-state index contributed by atoms with van der Waals surface area (Å²) in [4.78, 5) is 175. The summed E-state index contributed by atoms with van der Waals surface area (Å²) < 4.78 is 44.4. The number of hydrogen-bond acceptors (Lipinski definition) is 25. The summed E-state index contributed by atoms with van der Waals surface area (Å²) >= 11 is 0. The van der Waals surface area contributed by atoms with Crippen molar-refractivity contribution in [1.29, 1.82) is 0 Å². The second-order valence-corrected chi connectivity index (χ2v) is 31.0. The van der Waals surface area contributed by atoms with Crippen molar-refractivity contribution in [3.05, 3.63) is 29.8 Å². The maximum absolute atomic E-state index is 14.8. The number of nitrogens with zero attached hydrogens (tertiary/aromatic N) is 1. The average Bonchev–Trinajstić information content (AvgIpc) is 1.73. The van der Waals surface area contributed by atoms with Gasteiger partial charge in [0.15, 0.2) is 0 Å². The summed E-state index contributed by atoms with van der Waals surface area (Å²) in [6, 6.07) is -5.67. The van der Waals surface area contributed by atoms with E-state index in [1.54, 1.807) is 13.8 Å². The fraction of sp³-hybridized carbons (Fsp3) is 0.753. The van der Waals surface area contributed by atoms with Crippen molar-refractivity contribution in [2.75, 3.05) is 143 Å². The minimum absolute atomic E-state index is 0.0151. The van der Waals surface area contributed by atoms with Crippen LogP contribution in [0, 0.1) is 5.92 Å². The molecule has 115 heavy (non-hydrogen) atoms. The number of unbranched alkanes of at least 4 members (excludes halogenated alkanes) is 13. The highest BCUT2D eigenvalue weighted by Crippen LogP contribution is 2.26. The van der Waals surface area contributed by atoms with Gasteiger partial charge >= 0.3 is 0 Å². The molecule has 0 saturated carbocycles. The number of carbonyl (C=O) groups excluding carboxylic acids is 13. The SMILES string of the molecule is CCCCCCCCCCCCCCCC(=O)NCCOCCOCCOCCOCCOCCOCCOCCOCCC(=O)NCCCC[C@H](NC(=O)[C@@H]1CCCN1C(=O)[C@@H]1CSSC[C@H](N)C(=O)N[C@@H](Cc2ccc(O)cc2)C(=O)N[C@@H](C(C)C)C(=O)N[C@@H](CCC(N)=O)C(=O)N[C@@H](CC(N)=O)C(=O)N1)C(=O)NCC(N)=O. The Kier molecular flexibility index (Phi) is 56.2. The molecule has 36 nitrogen and oxygen atoms in total. The molecule has 0 bridgehead atoms. The van der Waals surface area contributed by atoms with Gasteiger partial charge in [0.05, 0.1) is 125 Å². The number of ether oxygens (including phenoxy) is 8. The molecule has 2 heterocycles. The lowest BCUT2D eigenvalue weighted by atomic mass is 9.99. The van der Waals surface area contributed by atoms with Gasteiger partial charge in [0.2, 0.25) is 76.8 Å². The van der Waals surface area contributed by atoms with E-state index in [2.05, 4.69) is 54.8 Å². The van der Waals surface area contributed by atoms with E-state index in [9.17, 15) is 67.4 Å². The Bertz CT molecular complexity index is 3030. The van der Waals surface area contributed by atoms with Crippen molar-refractivity contribution < 1.29 is 105 Å². The van der Waals surface area contributed by atoms with Crippen LogP contribution in [0.15, 0.2) is 24.3 Å². The highest BCUT2D eigenvalue weighted by molar-refractivity contribution is 8.76. The van der Waals surface area contributed by atoms with Crippen molar-refractivity contribution in [3.8, 4) is 5.75 Å². The van der Waals surface area contributed by atoms with E-state index in [4.69, 9.17) is 60.8 Å². The van der Waals surface area contributed by atoms with Crippen molar-refractivity contribution in [2.45, 2.75) is 223 Å². The third-order valence-electron chi connectivity index (χ3n) is 18.4. The summed E-state index contributed by atoms with van der Waals surface area (Å²) in [5, 5.41) is 33.4. The Morgan fingerprint density at radius 2 is 1.00 bits per heavy atom. The van der Waals surface area contributed by atoms with E-state index in [0.29, 0.717) is 111 Å². The fourth-order valence-corrected chi connectivity index (χ4v) is 14.3. The number of nitrogens with two attached hydrogens (primary N) is 4. The molecule has 654 valence electrons. The molecular weight excluding hydrogens is 1540 g/mol. The number of rotatable bonds is 60. The topological polar surface area (TPSA) is 532 Å². The Morgan fingerprint density at radius 1 is 0.513 bits per heavy atom. The molecule has 8 atom stereocenters. The first kappa shape index (κ1) is 102. The number of benzene rings is 1. The normalized spacial score (nSPS) is 18.9. The molecule has 18 N–H and O–H groups in total. The highest BCUT2D eigenvalue weighted by Gasteiger charge is 2.41. The van der Waals surface area contributed by atoms with Gasteiger partial charge in [-0.25, -0.2) is 0 Å². The Hall–Kier alpha value is -7.53. The van der Waals surface area contributed by atoms with Crippen LogP contribution < -0.4 is 70.8 Å². The molecule has 1 aromatic rings. The first-order valence-corrected chi connectivity index (χ1v) is 43.1. The largest absolute Gasteiger partial charge is 0.508 e. The first-order chi connectivity index (χ1) is 55.4. The highest BCUT2D eigenvalue weighted by atomic mass is 33.1. The Morgan fingerprint density at radius 3 is 1.54 bits per heavy atom. The zero-order valence-electron chi connectivity index (χ0n) is 67.6. The third-order valence-corrected chi connectivity index (χ3v) is 20.9. The van der Waals surface area contributed by atoms with Gasteiger partial charge in [0, 0.05) is 56.8 Å². The molecule has 1 aromatic carbocycles. The van der Waals surface area contributed by atoms with Crippen LogP contribution in [-0.2, 0) is 107 Å². The molecule has 0 spiro atoms. The van der Waals surface area contributed by atoms with Gasteiger partial charge in [-0.05, 0) is 68.6 Å². The van der Waals surface area contributed by atoms with E-state index in [1.165, 1.54) is 99.8 Å². The lowest BCUT2D eigenvalue weighted by Crippen LogP contribution is -2.61. The fourth-order valence-electron chi connectivity index (χ4n) is 12.0. The van der Waals surface area contributed by atoms with Gasteiger partial charge in [0.1, 0.15) is 48.0 Å². The van der Waals surface area contributed by atoms with Crippen molar-refractivity contribution >= 4 is 98.4 Å². The van der Waals surface area contributed by atoms with Gasteiger partial charge in [0.25, 0.3) is 0 Å². The lowest BCUT2D eigenvalue weighted by molar-refractivity contribution is -0.142. The van der Waals surface area contributed by atoms with E-state index >= 15 is 0 Å². The number of phenolic OH excluding ortho intramolecular Hbond substituents is 1. The van der Waals surface area contributed by atoms with E-state index in [-0.39, 0.29) is 101 Å². The smallest absolute Gasteiger partial charge is 0.246 e. The number of hydrogen-bond donors (Lipinski definition) is 14. The standard InChI is InChI=1S/C77H132N14O22S2/c1-4-5-6-7-8-9-10-11-12-13-14-15-16-22-67(96)83-31-34-107-36-38-109-40-42-111-44-46-113-48-47-112-45-43-110-41-39-108-37-35-106-33-29-68(97)82-30-18-17-20-58(71(99)84-51-66(81)95)85-75(103)63-21-19-32-91(63)77(105)62-53-115-114-52-57(78)70(98)87-60(49-55-23-25-56(92)26-24-55)74(102)90-69(54(2)3)76(104)86-59(27-28-64(79)93)72(100)88-61(50-65(80)94)73(101)89-62/h23-26,54,57-63,69,92H,4-22,27-53,78H2,1-3H3,(H2,79,93)(H2,80,94)(H2,81,95)(H,82,97)(H,83,96)(H,84,99)(H,85,103)(H,86,104)(H,87,98)(H,88,100)(H,89,101)(H,90,102)/t57-,58-,59-,60-,61-,62-,63-,69-/m0/s1. The van der Waals surface area contributed by atoms with E-state index < -0.39 is 145 Å². The molecule has 3 rings (SSSR count). The summed E-state index contributed by atoms with van der Waals surface area (Å²) in [5.41, 5.74) is 23.2. The number of aromatic hydroxyl groups is 1. The number of carbonyl (C=O) groups is 13. The average molecular weight is 1670 g/mol. The summed E-state index contributed by atoms with van der Waals surface area (Å²) in [5.74, 6) is -11.2. The second kappa shape index (κ2) is 63.6. The summed E-state index contributed by atoms with van der Waals surface area (Å²) in [7, 11) is 1.99. The van der Waals surface area contributed by atoms with E-state index in [1.807, 2.05) is 0 Å².